The molecule has 272 valence electrons. The molecule has 4 rings (SSSR count). The molecule has 2 unspecified atom stereocenters. The van der Waals surface area contributed by atoms with Crippen molar-refractivity contribution in [3.05, 3.63) is 97.1 Å². The van der Waals surface area contributed by atoms with E-state index < -0.39 is 24.1 Å². The number of hydrogen-bond acceptors (Lipinski definition) is 9. The lowest BCUT2D eigenvalue weighted by molar-refractivity contribution is -0.150. The Hall–Kier alpha value is -4.86. The lowest BCUT2D eigenvalue weighted by Gasteiger charge is -2.23. The van der Waals surface area contributed by atoms with Gasteiger partial charge >= 0.3 is 11.9 Å². The third kappa shape index (κ3) is 11.6. The molecule has 9 heteroatoms. The molecule has 0 aliphatic heterocycles. The zero-order valence-electron chi connectivity index (χ0n) is 30.2. The molecule has 0 spiro atoms. The highest BCUT2D eigenvalue weighted by Gasteiger charge is 2.23. The fourth-order valence-corrected chi connectivity index (χ4v) is 5.09. The summed E-state index contributed by atoms with van der Waals surface area (Å²) in [6.45, 7) is 16.3. The number of fused-ring (bicyclic) bond motifs is 2. The number of hydrogen-bond donors (Lipinski definition) is 0. The zero-order valence-corrected chi connectivity index (χ0v) is 30.2. The van der Waals surface area contributed by atoms with Crippen LogP contribution in [0.25, 0.3) is 21.5 Å². The summed E-state index contributed by atoms with van der Waals surface area (Å²) in [7, 11) is 0. The van der Waals surface area contributed by atoms with Crippen molar-refractivity contribution in [3.8, 4) is 23.0 Å². The van der Waals surface area contributed by atoms with Gasteiger partial charge in [-0.2, -0.15) is 0 Å². The largest absolute Gasteiger partial charge is 0.488 e. The first-order valence-corrected chi connectivity index (χ1v) is 17.6. The lowest BCUT2D eigenvalue weighted by atomic mass is 10.00. The van der Waals surface area contributed by atoms with Crippen molar-refractivity contribution in [2.45, 2.75) is 65.6 Å². The van der Waals surface area contributed by atoms with Crippen LogP contribution in [-0.4, -0.2) is 63.8 Å². The summed E-state index contributed by atoms with van der Waals surface area (Å²) in [6.07, 6.45) is 2.39. The van der Waals surface area contributed by atoms with E-state index in [-0.39, 0.29) is 32.0 Å². The maximum atomic E-state index is 12.6. The number of benzene rings is 4. The SMILES string of the molecule is C=C(C)C(=O)OC(COCCCC)COc1c2ccccc2c(OCC(COCCCC)OC(=O)C(=C)C)c2cc(Oc3ccccc3)ccc12. The number of ether oxygens (including phenoxy) is 7. The van der Waals surface area contributed by atoms with E-state index >= 15 is 0 Å². The van der Waals surface area contributed by atoms with Crippen LogP contribution in [0.2, 0.25) is 0 Å². The number of unbranched alkanes of at least 4 members (excludes halogenated alkanes) is 2. The van der Waals surface area contributed by atoms with Gasteiger partial charge in [0, 0.05) is 45.9 Å². The predicted molar refractivity (Wildman–Crippen MR) is 200 cm³/mol. The van der Waals surface area contributed by atoms with Gasteiger partial charge < -0.3 is 33.2 Å². The molecule has 0 saturated heterocycles. The van der Waals surface area contributed by atoms with Crippen LogP contribution in [0.5, 0.6) is 23.0 Å². The Kier molecular flexibility index (Phi) is 15.3. The number of esters is 2. The third-order valence-electron chi connectivity index (χ3n) is 7.84. The molecule has 4 aromatic rings. The Balaban J connectivity index is 1.75. The molecule has 0 fully saturated rings. The van der Waals surface area contributed by atoms with Gasteiger partial charge in [0.15, 0.2) is 12.2 Å². The normalized spacial score (nSPS) is 12.2. The van der Waals surface area contributed by atoms with E-state index in [0.717, 1.165) is 41.8 Å². The first-order valence-electron chi connectivity index (χ1n) is 17.6. The van der Waals surface area contributed by atoms with E-state index in [1.54, 1.807) is 13.8 Å². The smallest absolute Gasteiger partial charge is 0.333 e. The second kappa shape index (κ2) is 20.1. The van der Waals surface area contributed by atoms with E-state index in [4.69, 9.17) is 33.2 Å². The van der Waals surface area contributed by atoms with E-state index in [9.17, 15) is 9.59 Å². The van der Waals surface area contributed by atoms with Crippen molar-refractivity contribution in [2.75, 3.05) is 39.6 Å². The molecule has 0 amide bonds. The Bertz CT molecular complexity index is 1770. The standard InChI is InChI=1S/C42H50O9/c1-7-9-22-45-25-33(50-41(43)29(3)4)27-47-39-35-18-14-15-19-36(35)40(48-28-34(26-46-23-10-8-2)51-42(44)30(5)6)38-24-32(20-21-37(38)39)49-31-16-12-11-13-17-31/h11-21,24,33-34H,3,5,7-10,22-23,25-28H2,1-2,4,6H3. The molecule has 0 saturated carbocycles. The Morgan fingerprint density at radius 1 is 0.588 bits per heavy atom. The van der Waals surface area contributed by atoms with Crippen LogP contribution in [0, 0.1) is 0 Å². The van der Waals surface area contributed by atoms with Crippen LogP contribution >= 0.6 is 0 Å². The van der Waals surface area contributed by atoms with Gasteiger partial charge in [-0.15, -0.1) is 0 Å². The first kappa shape index (κ1) is 38.9. The van der Waals surface area contributed by atoms with Gasteiger partial charge in [-0.3, -0.25) is 0 Å². The zero-order chi connectivity index (χ0) is 36.6. The minimum atomic E-state index is -0.684. The molecule has 51 heavy (non-hydrogen) atoms. The van der Waals surface area contributed by atoms with Gasteiger partial charge in [-0.1, -0.05) is 82.3 Å². The van der Waals surface area contributed by atoms with Gasteiger partial charge in [0.2, 0.25) is 0 Å². The van der Waals surface area contributed by atoms with Crippen LogP contribution in [0.3, 0.4) is 0 Å². The number of carbonyl (C=O) groups is 2. The fourth-order valence-electron chi connectivity index (χ4n) is 5.09. The Morgan fingerprint density at radius 3 is 1.55 bits per heavy atom. The average Bonchev–Trinajstić information content (AvgIpc) is 3.13. The van der Waals surface area contributed by atoms with Gasteiger partial charge in [-0.25, -0.2) is 9.59 Å². The first-order chi connectivity index (χ1) is 24.7. The molecule has 0 aromatic heterocycles. The van der Waals surface area contributed by atoms with Crippen LogP contribution in [0.4, 0.5) is 0 Å². The van der Waals surface area contributed by atoms with Crippen molar-refractivity contribution in [1.29, 1.82) is 0 Å². The molecule has 9 nitrogen and oxygen atoms in total. The highest BCUT2D eigenvalue weighted by atomic mass is 16.6. The fraction of sp³-hybridized carbons (Fsp3) is 0.381. The third-order valence-corrected chi connectivity index (χ3v) is 7.84. The highest BCUT2D eigenvalue weighted by molar-refractivity contribution is 6.11. The summed E-state index contributed by atoms with van der Waals surface area (Å²) >= 11 is 0. The van der Waals surface area contributed by atoms with Gasteiger partial charge in [0.25, 0.3) is 0 Å². The van der Waals surface area contributed by atoms with E-state index in [0.29, 0.717) is 47.2 Å². The quantitative estimate of drug-likeness (QED) is 0.0344. The van der Waals surface area contributed by atoms with E-state index in [2.05, 4.69) is 27.0 Å². The maximum absolute atomic E-state index is 12.6. The molecule has 2 atom stereocenters. The summed E-state index contributed by atoms with van der Waals surface area (Å²) in [5.74, 6) is 1.38. The number of rotatable bonds is 22. The summed E-state index contributed by atoms with van der Waals surface area (Å²) in [5, 5.41) is 3.01. The van der Waals surface area contributed by atoms with Gasteiger partial charge in [0.05, 0.1) is 13.2 Å². The number of carbonyl (C=O) groups excluding carboxylic acids is 2. The minimum Gasteiger partial charge on any atom is -0.488 e. The van der Waals surface area contributed by atoms with E-state index in [1.165, 1.54) is 0 Å². The summed E-state index contributed by atoms with van der Waals surface area (Å²) in [5.41, 5.74) is 0.580. The average molecular weight is 699 g/mol. The molecule has 0 heterocycles. The van der Waals surface area contributed by atoms with Crippen molar-refractivity contribution in [3.63, 3.8) is 0 Å². The summed E-state index contributed by atoms with van der Waals surface area (Å²) < 4.78 is 42.5. The van der Waals surface area contributed by atoms with Crippen molar-refractivity contribution >= 4 is 33.5 Å². The molecule has 0 radical (unpaired) electrons. The Morgan fingerprint density at radius 2 is 1.06 bits per heavy atom. The van der Waals surface area contributed by atoms with Crippen molar-refractivity contribution < 1.29 is 42.7 Å². The molecule has 0 aliphatic carbocycles. The highest BCUT2D eigenvalue weighted by Crippen LogP contribution is 2.44. The Labute approximate surface area is 301 Å². The molecular weight excluding hydrogens is 648 g/mol. The molecular formula is C42H50O9. The van der Waals surface area contributed by atoms with Crippen LogP contribution < -0.4 is 14.2 Å². The summed E-state index contributed by atoms with van der Waals surface area (Å²) in [6, 6.07) is 22.9. The molecule has 0 aliphatic rings. The van der Waals surface area contributed by atoms with Crippen LogP contribution in [0.1, 0.15) is 53.4 Å². The predicted octanol–water partition coefficient (Wildman–Crippen LogP) is 9.15. The number of para-hydroxylation sites is 1. The minimum absolute atomic E-state index is 0.0300. The lowest BCUT2D eigenvalue weighted by Crippen LogP contribution is -2.30. The topological polar surface area (TPSA) is 98.8 Å². The van der Waals surface area contributed by atoms with Crippen molar-refractivity contribution in [1.82, 2.24) is 0 Å². The van der Waals surface area contributed by atoms with Crippen LogP contribution in [0.15, 0.2) is 97.1 Å². The molecule has 0 bridgehead atoms. The second-order valence-electron chi connectivity index (χ2n) is 12.4. The second-order valence-corrected chi connectivity index (χ2v) is 12.4. The maximum Gasteiger partial charge on any atom is 0.333 e. The van der Waals surface area contributed by atoms with Crippen LogP contribution in [-0.2, 0) is 28.5 Å². The van der Waals surface area contributed by atoms with Gasteiger partial charge in [0.1, 0.15) is 36.2 Å². The molecule has 0 N–H and O–H groups in total. The monoisotopic (exact) mass is 698 g/mol. The molecule has 4 aromatic carbocycles. The van der Waals surface area contributed by atoms with Crippen molar-refractivity contribution in [2.24, 2.45) is 0 Å². The van der Waals surface area contributed by atoms with E-state index in [1.807, 2.05) is 72.8 Å². The van der Waals surface area contributed by atoms with Gasteiger partial charge in [-0.05, 0) is 57.0 Å². The summed E-state index contributed by atoms with van der Waals surface area (Å²) in [4.78, 5) is 25.1.